The molecule has 1 aliphatic heterocycles. The number of amides is 3. The number of nitrogens with one attached hydrogen (secondary N) is 2. The third kappa shape index (κ3) is 8.51. The van der Waals surface area contributed by atoms with E-state index in [2.05, 4.69) is 10.6 Å². The van der Waals surface area contributed by atoms with E-state index in [9.17, 15) is 18.8 Å². The monoisotopic (exact) mass is 688 g/mol. The summed E-state index contributed by atoms with van der Waals surface area (Å²) in [7, 11) is 0. The van der Waals surface area contributed by atoms with Crippen molar-refractivity contribution in [3.05, 3.63) is 144 Å². The zero-order valence-corrected chi connectivity index (χ0v) is 28.6. The molecule has 2 N–H and O–H groups in total. The van der Waals surface area contributed by atoms with Gasteiger partial charge >= 0.3 is 0 Å². The minimum absolute atomic E-state index is 0.0106. The van der Waals surface area contributed by atoms with Crippen LogP contribution in [0.1, 0.15) is 28.6 Å². The average Bonchev–Trinajstić information content (AvgIpc) is 3.61. The Morgan fingerprint density at radius 2 is 1.50 bits per heavy atom. The Labute approximate surface area is 295 Å². The standard InChI is InChI=1S/C40H37FN4O4S/c1-27-12-14-29(15-13-27)37-21-18-32(49-37)26-35(43-38(46)30-8-4-3-5-9-30)39(47)42-31-16-19-33(20-17-31)50-28(2)40(48)45-24-22-44(23-25-45)36-11-7-6-10-34(36)41/h3-21,26,28H,22-25H2,1-2H3,(H,42,47)(H,43,46)/b35-26-. The number of carbonyl (C=O) groups excluding carboxylic acids is 3. The SMILES string of the molecule is Cc1ccc(-c2ccc(/C=C(\NC(=O)c3ccccc3)C(=O)Nc3ccc(SC(C)C(=O)N4CCN(c5ccccc5F)CC4)cc3)o2)cc1. The zero-order valence-electron chi connectivity index (χ0n) is 27.8. The van der Waals surface area contributed by atoms with E-state index in [1.165, 1.54) is 23.9 Å². The highest BCUT2D eigenvalue weighted by atomic mass is 32.2. The maximum absolute atomic E-state index is 14.2. The Bertz CT molecular complexity index is 1990. The van der Waals surface area contributed by atoms with E-state index in [1.54, 1.807) is 54.6 Å². The third-order valence-corrected chi connectivity index (χ3v) is 9.44. The Hall–Kier alpha value is -5.61. The number of benzene rings is 4. The lowest BCUT2D eigenvalue weighted by Crippen LogP contribution is -2.50. The van der Waals surface area contributed by atoms with Gasteiger partial charge in [-0.15, -0.1) is 11.8 Å². The molecule has 1 aromatic heterocycles. The summed E-state index contributed by atoms with van der Waals surface area (Å²) in [6.45, 7) is 6.05. The van der Waals surface area contributed by atoms with Gasteiger partial charge in [0.15, 0.2) is 0 Å². The van der Waals surface area contributed by atoms with Gasteiger partial charge in [-0.1, -0.05) is 60.2 Å². The minimum atomic E-state index is -0.527. The molecule has 6 rings (SSSR count). The molecule has 8 nitrogen and oxygen atoms in total. The summed E-state index contributed by atoms with van der Waals surface area (Å²) in [5.74, 6) is -0.162. The minimum Gasteiger partial charge on any atom is -0.457 e. The van der Waals surface area contributed by atoms with Crippen molar-refractivity contribution >= 4 is 46.9 Å². The molecule has 1 aliphatic rings. The van der Waals surface area contributed by atoms with Crippen LogP contribution in [0.3, 0.4) is 0 Å². The molecule has 10 heteroatoms. The predicted molar refractivity (Wildman–Crippen MR) is 196 cm³/mol. The van der Waals surface area contributed by atoms with Crippen LogP contribution < -0.4 is 15.5 Å². The molecule has 5 aromatic rings. The molecule has 50 heavy (non-hydrogen) atoms. The molecule has 0 radical (unpaired) electrons. The van der Waals surface area contributed by atoms with Crippen LogP contribution in [0.25, 0.3) is 17.4 Å². The maximum Gasteiger partial charge on any atom is 0.272 e. The van der Waals surface area contributed by atoms with E-state index in [0.29, 0.717) is 54.6 Å². The lowest BCUT2D eigenvalue weighted by atomic mass is 10.1. The third-order valence-electron chi connectivity index (χ3n) is 8.34. The summed E-state index contributed by atoms with van der Waals surface area (Å²) < 4.78 is 20.2. The van der Waals surface area contributed by atoms with Gasteiger partial charge in [-0.3, -0.25) is 14.4 Å². The van der Waals surface area contributed by atoms with Gasteiger partial charge in [-0.2, -0.15) is 0 Å². The van der Waals surface area contributed by atoms with Crippen LogP contribution in [0.2, 0.25) is 0 Å². The molecule has 1 saturated heterocycles. The van der Waals surface area contributed by atoms with E-state index in [1.807, 2.05) is 78.2 Å². The van der Waals surface area contributed by atoms with Gasteiger partial charge in [0, 0.05) is 54.0 Å². The second kappa shape index (κ2) is 15.7. The number of rotatable bonds is 10. The number of nitrogens with zero attached hydrogens (tertiary/aromatic N) is 2. The van der Waals surface area contributed by atoms with Gasteiger partial charge in [0.2, 0.25) is 5.91 Å². The fourth-order valence-corrected chi connectivity index (χ4v) is 6.54. The zero-order chi connectivity index (χ0) is 35.0. The molecule has 3 amide bonds. The number of anilines is 2. The van der Waals surface area contributed by atoms with Crippen LogP contribution in [-0.2, 0) is 9.59 Å². The molecule has 0 bridgehead atoms. The normalized spacial score (nSPS) is 13.9. The van der Waals surface area contributed by atoms with Gasteiger partial charge in [0.05, 0.1) is 10.9 Å². The Kier molecular flexibility index (Phi) is 10.8. The number of aryl methyl sites for hydroxylation is 1. The lowest BCUT2D eigenvalue weighted by molar-refractivity contribution is -0.130. The van der Waals surface area contributed by atoms with Crippen LogP contribution in [0.5, 0.6) is 0 Å². The van der Waals surface area contributed by atoms with E-state index in [4.69, 9.17) is 4.42 Å². The number of carbonyl (C=O) groups is 3. The van der Waals surface area contributed by atoms with Crippen molar-refractivity contribution in [3.8, 4) is 11.3 Å². The quantitative estimate of drug-likeness (QED) is 0.116. The van der Waals surface area contributed by atoms with E-state index in [0.717, 1.165) is 16.0 Å². The van der Waals surface area contributed by atoms with Crippen molar-refractivity contribution in [2.24, 2.45) is 0 Å². The first-order chi connectivity index (χ1) is 24.2. The van der Waals surface area contributed by atoms with Crippen molar-refractivity contribution in [3.63, 3.8) is 0 Å². The molecule has 1 unspecified atom stereocenters. The Balaban J connectivity index is 1.09. The van der Waals surface area contributed by atoms with Gasteiger partial charge in [-0.05, 0) is 74.5 Å². The van der Waals surface area contributed by atoms with Crippen LogP contribution in [0, 0.1) is 12.7 Å². The highest BCUT2D eigenvalue weighted by Gasteiger charge is 2.26. The molecule has 254 valence electrons. The first-order valence-electron chi connectivity index (χ1n) is 16.3. The number of halogens is 1. The van der Waals surface area contributed by atoms with Crippen molar-refractivity contribution < 1.29 is 23.2 Å². The van der Waals surface area contributed by atoms with Crippen molar-refractivity contribution in [1.82, 2.24) is 10.2 Å². The number of piperazine rings is 1. The first-order valence-corrected chi connectivity index (χ1v) is 17.2. The van der Waals surface area contributed by atoms with Crippen LogP contribution >= 0.6 is 11.8 Å². The van der Waals surface area contributed by atoms with Crippen LogP contribution in [0.4, 0.5) is 15.8 Å². The molecule has 0 saturated carbocycles. The molecule has 0 aliphatic carbocycles. The maximum atomic E-state index is 14.2. The van der Waals surface area contributed by atoms with Crippen LogP contribution in [0.15, 0.2) is 130 Å². The van der Waals surface area contributed by atoms with E-state index >= 15 is 0 Å². The largest absolute Gasteiger partial charge is 0.457 e. The van der Waals surface area contributed by atoms with Crippen molar-refractivity contribution in [2.45, 2.75) is 24.0 Å². The topological polar surface area (TPSA) is 94.9 Å². The number of furan rings is 1. The number of para-hydroxylation sites is 1. The van der Waals surface area contributed by atoms with E-state index in [-0.39, 0.29) is 22.7 Å². The van der Waals surface area contributed by atoms with E-state index < -0.39 is 11.8 Å². The van der Waals surface area contributed by atoms with Crippen LogP contribution in [-0.4, -0.2) is 54.1 Å². The second-order valence-electron chi connectivity index (χ2n) is 11.9. The fraction of sp³-hybridized carbons (Fsp3) is 0.175. The Morgan fingerprint density at radius 1 is 0.820 bits per heavy atom. The summed E-state index contributed by atoms with van der Waals surface area (Å²) in [6, 6.07) is 34.0. The molecule has 4 aromatic carbocycles. The van der Waals surface area contributed by atoms with Gasteiger partial charge < -0.3 is 24.9 Å². The van der Waals surface area contributed by atoms with Gasteiger partial charge in [0.1, 0.15) is 23.0 Å². The summed E-state index contributed by atoms with van der Waals surface area (Å²) >= 11 is 1.43. The molecular formula is C40H37FN4O4S. The number of thioether (sulfide) groups is 1. The smallest absolute Gasteiger partial charge is 0.272 e. The highest BCUT2D eigenvalue weighted by Crippen LogP contribution is 2.28. The summed E-state index contributed by atoms with van der Waals surface area (Å²) in [5, 5.41) is 5.26. The first kappa shape index (κ1) is 34.3. The van der Waals surface area contributed by atoms with Gasteiger partial charge in [0.25, 0.3) is 11.8 Å². The van der Waals surface area contributed by atoms with Crippen molar-refractivity contribution in [1.29, 1.82) is 0 Å². The average molecular weight is 689 g/mol. The fourth-order valence-electron chi connectivity index (χ4n) is 5.59. The summed E-state index contributed by atoms with van der Waals surface area (Å²) in [5.41, 5.74) is 3.52. The number of hydrogen-bond acceptors (Lipinski definition) is 6. The summed E-state index contributed by atoms with van der Waals surface area (Å²) in [6.07, 6.45) is 1.50. The van der Waals surface area contributed by atoms with Crippen molar-refractivity contribution in [2.75, 3.05) is 36.4 Å². The predicted octanol–water partition coefficient (Wildman–Crippen LogP) is 7.63. The molecule has 2 heterocycles. The lowest BCUT2D eigenvalue weighted by Gasteiger charge is -2.37. The highest BCUT2D eigenvalue weighted by molar-refractivity contribution is 8.00. The number of hydrogen-bond donors (Lipinski definition) is 2. The second-order valence-corrected chi connectivity index (χ2v) is 13.4. The van der Waals surface area contributed by atoms with Gasteiger partial charge in [-0.25, -0.2) is 4.39 Å². The molecule has 1 atom stereocenters. The molecular weight excluding hydrogens is 652 g/mol. The Morgan fingerprint density at radius 3 is 2.20 bits per heavy atom. The molecule has 1 fully saturated rings. The molecule has 0 spiro atoms. The summed E-state index contributed by atoms with van der Waals surface area (Å²) in [4.78, 5) is 44.5.